The number of nitrogens with zero attached hydrogens (tertiary/aromatic N) is 3. The fourth-order valence-electron chi connectivity index (χ4n) is 4.53. The van der Waals surface area contributed by atoms with Crippen molar-refractivity contribution in [3.8, 4) is 17.1 Å². The Kier molecular flexibility index (Phi) is 8.23. The standard InChI is InChI=1S/C30H24ClN3O7S/c1-4-14-40-20-9-6-18(7-10-20)27-26(29(36)39-5-2)17(3)32-30-33(27)28(35)25(42-30)16-21-11-13-24(41-21)19-8-12-22(31)23(15-19)34(37)38/h4,6-13,15-16,27H,1,5,14H2,2-3H3/b25-16-/t27-/m1/s1. The average Bonchev–Trinajstić information content (AvgIpc) is 3.55. The van der Waals surface area contributed by atoms with Gasteiger partial charge in [0.05, 0.1) is 33.4 Å². The van der Waals surface area contributed by atoms with E-state index in [1.54, 1.807) is 68.5 Å². The van der Waals surface area contributed by atoms with Crippen LogP contribution in [0.15, 0.2) is 92.7 Å². The smallest absolute Gasteiger partial charge is 0.338 e. The molecule has 2 aromatic heterocycles. The van der Waals surface area contributed by atoms with Gasteiger partial charge in [-0.3, -0.25) is 19.5 Å². The van der Waals surface area contributed by atoms with Crippen LogP contribution in [-0.2, 0) is 9.53 Å². The van der Waals surface area contributed by atoms with E-state index in [4.69, 9.17) is 25.5 Å². The van der Waals surface area contributed by atoms with Crippen molar-refractivity contribution in [2.24, 2.45) is 4.99 Å². The molecule has 0 saturated carbocycles. The highest BCUT2D eigenvalue weighted by Gasteiger charge is 2.33. The minimum atomic E-state index is -0.780. The van der Waals surface area contributed by atoms with Crippen molar-refractivity contribution in [1.82, 2.24) is 4.57 Å². The van der Waals surface area contributed by atoms with Crippen LogP contribution in [0.2, 0.25) is 5.02 Å². The van der Waals surface area contributed by atoms with Crippen LogP contribution < -0.4 is 19.6 Å². The molecular formula is C30H24ClN3O7S. The Bertz CT molecular complexity index is 1920. The quantitative estimate of drug-likeness (QED) is 0.111. The lowest BCUT2D eigenvalue weighted by molar-refractivity contribution is -0.384. The lowest BCUT2D eigenvalue weighted by atomic mass is 9.96. The van der Waals surface area contributed by atoms with Crippen molar-refractivity contribution in [2.75, 3.05) is 13.2 Å². The SMILES string of the molecule is C=CCOc1ccc([C@@H]2C(C(=O)OCC)=C(C)N=c3s/c(=C\c4ccc(-c5ccc(Cl)c([N+](=O)[O-])c5)o4)c(=O)n32)cc1. The van der Waals surface area contributed by atoms with Crippen LogP contribution in [0.5, 0.6) is 5.75 Å². The van der Waals surface area contributed by atoms with E-state index in [1.165, 1.54) is 16.7 Å². The number of fused-ring (bicyclic) bond motifs is 1. The van der Waals surface area contributed by atoms with Gasteiger partial charge in [0.1, 0.15) is 28.9 Å². The number of thiazole rings is 1. The largest absolute Gasteiger partial charge is 0.490 e. The maximum atomic E-state index is 13.8. The Hall–Kier alpha value is -4.74. The lowest BCUT2D eigenvalue weighted by Gasteiger charge is -2.24. The van der Waals surface area contributed by atoms with E-state index in [9.17, 15) is 19.7 Å². The minimum Gasteiger partial charge on any atom is -0.490 e. The van der Waals surface area contributed by atoms with Gasteiger partial charge in [-0.2, -0.15) is 0 Å². The van der Waals surface area contributed by atoms with Crippen molar-refractivity contribution in [3.63, 3.8) is 0 Å². The normalized spacial score (nSPS) is 14.7. The molecule has 214 valence electrons. The average molecular weight is 606 g/mol. The van der Waals surface area contributed by atoms with Gasteiger partial charge in [0.2, 0.25) is 0 Å². The lowest BCUT2D eigenvalue weighted by Crippen LogP contribution is -2.39. The van der Waals surface area contributed by atoms with E-state index in [0.717, 1.165) is 11.3 Å². The van der Waals surface area contributed by atoms with Crippen LogP contribution in [0.1, 0.15) is 31.2 Å². The summed E-state index contributed by atoms with van der Waals surface area (Å²) < 4.78 is 18.6. The second kappa shape index (κ2) is 12.0. The molecule has 0 bridgehead atoms. The zero-order valence-corrected chi connectivity index (χ0v) is 24.1. The number of hydrogen-bond donors (Lipinski definition) is 0. The zero-order valence-electron chi connectivity index (χ0n) is 22.5. The maximum absolute atomic E-state index is 13.8. The van der Waals surface area contributed by atoms with E-state index >= 15 is 0 Å². The van der Waals surface area contributed by atoms with Gasteiger partial charge >= 0.3 is 5.97 Å². The molecular weight excluding hydrogens is 582 g/mol. The first-order valence-electron chi connectivity index (χ1n) is 12.8. The van der Waals surface area contributed by atoms with Gasteiger partial charge < -0.3 is 13.9 Å². The Balaban J connectivity index is 1.59. The van der Waals surface area contributed by atoms with Gasteiger partial charge in [-0.1, -0.05) is 47.7 Å². The molecule has 0 unspecified atom stereocenters. The molecule has 1 aliphatic rings. The summed E-state index contributed by atoms with van der Waals surface area (Å²) in [4.78, 5) is 42.6. The molecule has 0 N–H and O–H groups in total. The summed E-state index contributed by atoms with van der Waals surface area (Å²) in [7, 11) is 0. The van der Waals surface area contributed by atoms with Gasteiger partial charge in [-0.15, -0.1) is 0 Å². The predicted molar refractivity (Wildman–Crippen MR) is 158 cm³/mol. The number of nitro groups is 1. The van der Waals surface area contributed by atoms with E-state index in [-0.39, 0.29) is 28.4 Å². The van der Waals surface area contributed by atoms with Crippen LogP contribution in [0.25, 0.3) is 17.4 Å². The van der Waals surface area contributed by atoms with Crippen LogP contribution in [0.4, 0.5) is 5.69 Å². The Morgan fingerprint density at radius 2 is 2.00 bits per heavy atom. The van der Waals surface area contributed by atoms with Crippen molar-refractivity contribution < 1.29 is 23.6 Å². The number of halogens is 1. The molecule has 2 aromatic carbocycles. The highest BCUT2D eigenvalue weighted by Crippen LogP contribution is 2.33. The zero-order chi connectivity index (χ0) is 30.0. The molecule has 0 radical (unpaired) electrons. The summed E-state index contributed by atoms with van der Waals surface area (Å²) in [5, 5.41) is 11.3. The summed E-state index contributed by atoms with van der Waals surface area (Å²) in [5.74, 6) is 0.780. The van der Waals surface area contributed by atoms with Crippen LogP contribution in [0.3, 0.4) is 0 Å². The highest BCUT2D eigenvalue weighted by molar-refractivity contribution is 7.07. The molecule has 0 spiro atoms. The molecule has 10 nitrogen and oxygen atoms in total. The van der Waals surface area contributed by atoms with Crippen LogP contribution in [0, 0.1) is 10.1 Å². The third kappa shape index (κ3) is 5.56. The molecule has 0 fully saturated rings. The minimum absolute atomic E-state index is 0.0163. The maximum Gasteiger partial charge on any atom is 0.338 e. The van der Waals surface area contributed by atoms with Crippen LogP contribution >= 0.6 is 22.9 Å². The number of carbonyl (C=O) groups excluding carboxylic acids is 1. The molecule has 0 aliphatic carbocycles. The molecule has 1 atom stereocenters. The fraction of sp³-hybridized carbons (Fsp3) is 0.167. The van der Waals surface area contributed by atoms with Gasteiger partial charge in [0.25, 0.3) is 11.2 Å². The first-order chi connectivity index (χ1) is 20.2. The van der Waals surface area contributed by atoms with E-state index in [1.807, 2.05) is 0 Å². The number of hydrogen-bond acceptors (Lipinski definition) is 9. The van der Waals surface area contributed by atoms with Crippen molar-refractivity contribution in [2.45, 2.75) is 19.9 Å². The van der Waals surface area contributed by atoms with Gasteiger partial charge in [0.15, 0.2) is 4.80 Å². The number of ether oxygens (including phenoxy) is 2. The molecule has 0 saturated heterocycles. The fourth-order valence-corrected chi connectivity index (χ4v) is 5.74. The molecule has 42 heavy (non-hydrogen) atoms. The third-order valence-electron chi connectivity index (χ3n) is 6.41. The van der Waals surface area contributed by atoms with Gasteiger partial charge in [0, 0.05) is 17.7 Å². The van der Waals surface area contributed by atoms with Gasteiger partial charge in [-0.05, 0) is 55.8 Å². The Labute approximate surface area is 248 Å². The van der Waals surface area contributed by atoms with Crippen LogP contribution in [-0.4, -0.2) is 28.7 Å². The number of benzene rings is 2. The summed E-state index contributed by atoms with van der Waals surface area (Å²) in [6.45, 7) is 7.58. The Morgan fingerprint density at radius 3 is 2.69 bits per heavy atom. The summed E-state index contributed by atoms with van der Waals surface area (Å²) in [6.07, 6.45) is 3.21. The number of nitro benzene ring substituents is 1. The molecule has 0 amide bonds. The highest BCUT2D eigenvalue weighted by atomic mass is 35.5. The summed E-state index contributed by atoms with van der Waals surface area (Å²) in [5.41, 5.74) is 1.24. The monoisotopic (exact) mass is 605 g/mol. The van der Waals surface area contributed by atoms with E-state index < -0.39 is 16.9 Å². The molecule has 12 heteroatoms. The second-order valence-electron chi connectivity index (χ2n) is 9.10. The molecule has 5 rings (SSSR count). The number of carbonyl (C=O) groups is 1. The molecule has 1 aliphatic heterocycles. The first kappa shape index (κ1) is 28.8. The third-order valence-corrected chi connectivity index (χ3v) is 7.71. The van der Waals surface area contributed by atoms with E-state index in [0.29, 0.717) is 50.0 Å². The van der Waals surface area contributed by atoms with Crippen molar-refractivity contribution in [3.05, 3.63) is 125 Å². The summed E-state index contributed by atoms with van der Waals surface area (Å²) >= 11 is 7.09. The first-order valence-corrected chi connectivity index (χ1v) is 14.0. The molecule has 3 heterocycles. The number of esters is 1. The van der Waals surface area contributed by atoms with E-state index in [2.05, 4.69) is 11.6 Å². The summed E-state index contributed by atoms with van der Waals surface area (Å²) in [6, 6.07) is 14.0. The number of aromatic nitrogens is 1. The van der Waals surface area contributed by atoms with Gasteiger partial charge in [-0.25, -0.2) is 9.79 Å². The van der Waals surface area contributed by atoms with Crippen molar-refractivity contribution in [1.29, 1.82) is 0 Å². The Morgan fingerprint density at radius 1 is 1.24 bits per heavy atom. The number of furan rings is 1. The topological polar surface area (TPSA) is 126 Å². The molecule has 4 aromatic rings. The predicted octanol–water partition coefficient (Wildman–Crippen LogP) is 5.18. The number of allylic oxidation sites excluding steroid dienone is 1. The second-order valence-corrected chi connectivity index (χ2v) is 10.5. The van der Waals surface area contributed by atoms with Crippen molar-refractivity contribution >= 4 is 40.7 Å². The number of rotatable bonds is 9.